The van der Waals surface area contributed by atoms with Crippen molar-refractivity contribution in [1.82, 2.24) is 20.2 Å². The monoisotopic (exact) mass is 209 g/mol. The van der Waals surface area contributed by atoms with Crippen molar-refractivity contribution in [2.45, 2.75) is 13.0 Å². The van der Waals surface area contributed by atoms with Crippen LogP contribution in [0.25, 0.3) is 0 Å². The highest BCUT2D eigenvalue weighted by Gasteiger charge is 2.08. The molecule has 14 heavy (non-hydrogen) atoms. The maximum Gasteiger partial charge on any atom is 0.243 e. The molecule has 0 fully saturated rings. The van der Waals surface area contributed by atoms with Gasteiger partial charge in [0.05, 0.1) is 6.04 Å². The molecule has 6 heteroatoms. The van der Waals surface area contributed by atoms with E-state index in [0.29, 0.717) is 5.95 Å². The van der Waals surface area contributed by atoms with Gasteiger partial charge in [0.2, 0.25) is 5.95 Å². The number of hydrogen-bond acceptors (Lipinski definition) is 5. The largest absolute Gasteiger partial charge is 0.347 e. The van der Waals surface area contributed by atoms with Gasteiger partial charge in [-0.3, -0.25) is 0 Å². The summed E-state index contributed by atoms with van der Waals surface area (Å²) in [5.41, 5.74) is 1.25. The number of hydrogen-bond donors (Lipinski definition) is 1. The van der Waals surface area contributed by atoms with Gasteiger partial charge >= 0.3 is 0 Å². The van der Waals surface area contributed by atoms with E-state index < -0.39 is 0 Å². The van der Waals surface area contributed by atoms with Gasteiger partial charge in [0.15, 0.2) is 0 Å². The molecular weight excluding hydrogens is 198 g/mol. The molecule has 0 saturated carbocycles. The lowest BCUT2D eigenvalue weighted by molar-refractivity contribution is 0.706. The SMILES string of the molecule is CC(Nc1nnnn1C)c1ccsc1. The van der Waals surface area contributed by atoms with E-state index in [1.807, 2.05) is 7.05 Å². The maximum absolute atomic E-state index is 3.86. The zero-order chi connectivity index (χ0) is 9.97. The fourth-order valence-electron chi connectivity index (χ4n) is 1.15. The van der Waals surface area contributed by atoms with Gasteiger partial charge in [0.1, 0.15) is 0 Å². The second-order valence-corrected chi connectivity index (χ2v) is 3.83. The third kappa shape index (κ3) is 1.74. The first-order chi connectivity index (χ1) is 6.77. The van der Waals surface area contributed by atoms with Gasteiger partial charge < -0.3 is 5.32 Å². The van der Waals surface area contributed by atoms with Gasteiger partial charge in [-0.2, -0.15) is 11.3 Å². The van der Waals surface area contributed by atoms with E-state index >= 15 is 0 Å². The molecule has 2 aromatic rings. The highest BCUT2D eigenvalue weighted by atomic mass is 32.1. The van der Waals surface area contributed by atoms with E-state index in [0.717, 1.165) is 0 Å². The number of aryl methyl sites for hydroxylation is 1. The summed E-state index contributed by atoms with van der Waals surface area (Å²) in [4.78, 5) is 0. The summed E-state index contributed by atoms with van der Waals surface area (Å²) in [7, 11) is 1.81. The van der Waals surface area contributed by atoms with Gasteiger partial charge in [0.25, 0.3) is 0 Å². The van der Waals surface area contributed by atoms with Crippen molar-refractivity contribution in [1.29, 1.82) is 0 Å². The van der Waals surface area contributed by atoms with Gasteiger partial charge in [-0.05, 0) is 39.7 Å². The molecule has 0 bridgehead atoms. The third-order valence-electron chi connectivity index (χ3n) is 2.01. The number of rotatable bonds is 3. The van der Waals surface area contributed by atoms with E-state index in [-0.39, 0.29) is 6.04 Å². The van der Waals surface area contributed by atoms with Crippen molar-refractivity contribution in [3.8, 4) is 0 Å². The summed E-state index contributed by atoms with van der Waals surface area (Å²) >= 11 is 1.69. The summed E-state index contributed by atoms with van der Waals surface area (Å²) in [6.45, 7) is 2.08. The van der Waals surface area contributed by atoms with Crippen molar-refractivity contribution in [3.05, 3.63) is 22.4 Å². The minimum Gasteiger partial charge on any atom is -0.347 e. The Balaban J connectivity index is 2.09. The minimum absolute atomic E-state index is 0.228. The lowest BCUT2D eigenvalue weighted by Gasteiger charge is -2.11. The molecule has 2 aromatic heterocycles. The Morgan fingerprint density at radius 1 is 1.57 bits per heavy atom. The predicted molar refractivity (Wildman–Crippen MR) is 55.2 cm³/mol. The van der Waals surface area contributed by atoms with Crippen LogP contribution in [0.1, 0.15) is 18.5 Å². The molecule has 0 spiro atoms. The Bertz CT molecular complexity index is 394. The fraction of sp³-hybridized carbons (Fsp3) is 0.375. The van der Waals surface area contributed by atoms with E-state index in [1.165, 1.54) is 5.56 Å². The zero-order valence-electron chi connectivity index (χ0n) is 8.01. The maximum atomic E-state index is 3.86. The van der Waals surface area contributed by atoms with Crippen LogP contribution >= 0.6 is 11.3 Å². The number of anilines is 1. The molecule has 2 heterocycles. The summed E-state index contributed by atoms with van der Waals surface area (Å²) in [5.74, 6) is 0.684. The van der Waals surface area contributed by atoms with Crippen LogP contribution in [0.4, 0.5) is 5.95 Å². The number of tetrazole rings is 1. The molecule has 74 valence electrons. The first-order valence-corrected chi connectivity index (χ1v) is 5.22. The topological polar surface area (TPSA) is 55.6 Å². The quantitative estimate of drug-likeness (QED) is 0.831. The normalized spacial score (nSPS) is 12.7. The minimum atomic E-state index is 0.228. The Morgan fingerprint density at radius 3 is 3.00 bits per heavy atom. The zero-order valence-corrected chi connectivity index (χ0v) is 8.82. The Hall–Kier alpha value is -1.43. The highest BCUT2D eigenvalue weighted by molar-refractivity contribution is 7.07. The van der Waals surface area contributed by atoms with Crippen molar-refractivity contribution >= 4 is 17.3 Å². The van der Waals surface area contributed by atoms with Crippen molar-refractivity contribution in [3.63, 3.8) is 0 Å². The Labute approximate surface area is 85.8 Å². The second-order valence-electron chi connectivity index (χ2n) is 3.05. The molecular formula is C8H11N5S. The van der Waals surface area contributed by atoms with Crippen LogP contribution in [-0.2, 0) is 7.05 Å². The summed E-state index contributed by atoms with van der Waals surface area (Å²) in [6.07, 6.45) is 0. The number of thiophene rings is 1. The van der Waals surface area contributed by atoms with Crippen LogP contribution in [-0.4, -0.2) is 20.2 Å². The second kappa shape index (κ2) is 3.75. The third-order valence-corrected chi connectivity index (χ3v) is 2.71. The molecule has 5 nitrogen and oxygen atoms in total. The molecule has 1 N–H and O–H groups in total. The molecule has 1 atom stereocenters. The van der Waals surface area contributed by atoms with Crippen LogP contribution < -0.4 is 5.32 Å². The van der Waals surface area contributed by atoms with Crippen LogP contribution in [0, 0.1) is 0 Å². The van der Waals surface area contributed by atoms with Crippen LogP contribution in [0.5, 0.6) is 0 Å². The van der Waals surface area contributed by atoms with Crippen molar-refractivity contribution in [2.75, 3.05) is 5.32 Å². The van der Waals surface area contributed by atoms with E-state index in [4.69, 9.17) is 0 Å². The van der Waals surface area contributed by atoms with Crippen LogP contribution in [0.2, 0.25) is 0 Å². The molecule has 0 saturated heterocycles. The summed E-state index contributed by atoms with van der Waals surface area (Å²) < 4.78 is 1.61. The fourth-order valence-corrected chi connectivity index (χ4v) is 1.90. The molecule has 1 unspecified atom stereocenters. The average Bonchev–Trinajstić information content (AvgIpc) is 2.77. The van der Waals surface area contributed by atoms with E-state index in [1.54, 1.807) is 16.0 Å². The molecule has 0 aliphatic heterocycles. The summed E-state index contributed by atoms with van der Waals surface area (Å²) in [5, 5.41) is 18.6. The van der Waals surface area contributed by atoms with Gasteiger partial charge in [-0.1, -0.05) is 5.10 Å². The average molecular weight is 209 g/mol. The Morgan fingerprint density at radius 2 is 2.43 bits per heavy atom. The highest BCUT2D eigenvalue weighted by Crippen LogP contribution is 2.18. The summed E-state index contributed by atoms with van der Waals surface area (Å²) in [6, 6.07) is 2.32. The van der Waals surface area contributed by atoms with E-state index in [2.05, 4.69) is 44.6 Å². The first-order valence-electron chi connectivity index (χ1n) is 4.28. The molecule has 0 aliphatic carbocycles. The molecule has 0 radical (unpaired) electrons. The first kappa shape index (κ1) is 9.14. The molecule has 0 amide bonds. The molecule has 0 aliphatic rings. The molecule has 2 rings (SSSR count). The van der Waals surface area contributed by atoms with Crippen LogP contribution in [0.3, 0.4) is 0 Å². The van der Waals surface area contributed by atoms with Gasteiger partial charge in [-0.15, -0.1) is 0 Å². The lowest BCUT2D eigenvalue weighted by Crippen LogP contribution is -2.10. The smallest absolute Gasteiger partial charge is 0.243 e. The standard InChI is InChI=1S/C8H11N5S/c1-6(7-3-4-14-5-7)9-8-10-11-12-13(8)2/h3-6H,1-2H3,(H,9,10,12). The predicted octanol–water partition coefficient (Wildman–Crippen LogP) is 1.44. The van der Waals surface area contributed by atoms with E-state index in [9.17, 15) is 0 Å². The van der Waals surface area contributed by atoms with Crippen LogP contribution in [0.15, 0.2) is 16.8 Å². The molecule has 0 aromatic carbocycles. The van der Waals surface area contributed by atoms with Crippen molar-refractivity contribution in [2.24, 2.45) is 7.05 Å². The van der Waals surface area contributed by atoms with Gasteiger partial charge in [-0.25, -0.2) is 4.68 Å². The van der Waals surface area contributed by atoms with Crippen molar-refractivity contribution < 1.29 is 0 Å². The number of nitrogens with one attached hydrogen (secondary N) is 1. The number of nitrogens with zero attached hydrogens (tertiary/aromatic N) is 4. The lowest BCUT2D eigenvalue weighted by atomic mass is 10.2. The van der Waals surface area contributed by atoms with Gasteiger partial charge in [0, 0.05) is 7.05 Å². The Kier molecular flexibility index (Phi) is 2.45. The number of aromatic nitrogens is 4.